The van der Waals surface area contributed by atoms with E-state index in [0.717, 1.165) is 19.6 Å². The molecule has 0 amide bonds. The monoisotopic (exact) mass is 172 g/mol. The lowest BCUT2D eigenvalue weighted by Gasteiger charge is -2.33. The molecule has 2 heteroatoms. The zero-order chi connectivity index (χ0) is 9.45. The van der Waals surface area contributed by atoms with E-state index >= 15 is 0 Å². The summed E-state index contributed by atoms with van der Waals surface area (Å²) in [7, 11) is 0. The van der Waals surface area contributed by atoms with Crippen molar-refractivity contribution in [2.24, 2.45) is 0 Å². The topological polar surface area (TPSA) is 18.5 Å². The van der Waals surface area contributed by atoms with Gasteiger partial charge in [-0.15, -0.1) is 13.2 Å². The van der Waals surface area contributed by atoms with Gasteiger partial charge in [0, 0.05) is 13.0 Å². The van der Waals surface area contributed by atoms with Crippen LogP contribution in [0.1, 0.15) is 33.1 Å². The van der Waals surface area contributed by atoms with Crippen LogP contribution in [-0.2, 0) is 9.47 Å². The van der Waals surface area contributed by atoms with Crippen molar-refractivity contribution < 1.29 is 9.47 Å². The third-order valence-electron chi connectivity index (χ3n) is 1.88. The predicted molar refractivity (Wildman–Crippen MR) is 51.1 cm³/mol. The van der Waals surface area contributed by atoms with Crippen molar-refractivity contribution in [2.75, 3.05) is 13.2 Å². The van der Waals surface area contributed by atoms with Gasteiger partial charge in [0.05, 0.1) is 6.61 Å². The average molecular weight is 172 g/mol. The molecule has 0 aliphatic carbocycles. The molecule has 1 atom stereocenters. The van der Waals surface area contributed by atoms with Gasteiger partial charge in [-0.1, -0.05) is 0 Å². The van der Waals surface area contributed by atoms with Crippen LogP contribution in [0.5, 0.6) is 0 Å². The van der Waals surface area contributed by atoms with Crippen LogP contribution in [0.4, 0.5) is 0 Å². The van der Waals surface area contributed by atoms with Gasteiger partial charge in [-0.05, 0) is 26.7 Å². The minimum atomic E-state index is -0.271. The fourth-order valence-corrected chi connectivity index (χ4v) is 1.33. The van der Waals surface area contributed by atoms with Gasteiger partial charge >= 0.3 is 0 Å². The molecule has 1 rings (SSSR count). The van der Waals surface area contributed by atoms with E-state index in [4.69, 9.17) is 9.47 Å². The number of hydrogen-bond acceptors (Lipinski definition) is 2. The Morgan fingerprint density at radius 2 is 2.08 bits per heavy atom. The van der Waals surface area contributed by atoms with E-state index < -0.39 is 0 Å². The zero-order valence-corrected chi connectivity index (χ0v) is 8.27. The Bertz CT molecular complexity index is 101. The van der Waals surface area contributed by atoms with Gasteiger partial charge in [-0.3, -0.25) is 0 Å². The van der Waals surface area contributed by atoms with Crippen molar-refractivity contribution in [2.45, 2.75) is 38.9 Å². The molecule has 1 aliphatic heterocycles. The van der Waals surface area contributed by atoms with Crippen LogP contribution >= 0.6 is 0 Å². The lowest BCUT2D eigenvalue weighted by molar-refractivity contribution is -0.241. The van der Waals surface area contributed by atoms with Crippen LogP contribution in [-0.4, -0.2) is 19.0 Å². The SMILES string of the molecule is C=C.CCOC1(C)CCCCO1. The van der Waals surface area contributed by atoms with Gasteiger partial charge in [-0.2, -0.15) is 0 Å². The molecule has 1 saturated heterocycles. The van der Waals surface area contributed by atoms with Crippen molar-refractivity contribution in [3.8, 4) is 0 Å². The minimum absolute atomic E-state index is 0.271. The van der Waals surface area contributed by atoms with E-state index in [1.807, 2.05) is 13.8 Å². The second kappa shape index (κ2) is 6.21. The van der Waals surface area contributed by atoms with Gasteiger partial charge in [-0.25, -0.2) is 0 Å². The summed E-state index contributed by atoms with van der Waals surface area (Å²) < 4.78 is 10.9. The molecule has 1 heterocycles. The molecule has 0 aromatic rings. The second-order valence-electron chi connectivity index (χ2n) is 2.87. The van der Waals surface area contributed by atoms with E-state index in [1.165, 1.54) is 12.8 Å². The van der Waals surface area contributed by atoms with Gasteiger partial charge in [0.25, 0.3) is 0 Å². The van der Waals surface area contributed by atoms with Crippen LogP contribution in [0.15, 0.2) is 13.2 Å². The van der Waals surface area contributed by atoms with E-state index in [2.05, 4.69) is 13.2 Å². The third-order valence-corrected chi connectivity index (χ3v) is 1.88. The Hall–Kier alpha value is -0.340. The van der Waals surface area contributed by atoms with Gasteiger partial charge in [0.2, 0.25) is 0 Å². The minimum Gasteiger partial charge on any atom is -0.351 e. The van der Waals surface area contributed by atoms with E-state index in [-0.39, 0.29) is 5.79 Å². The molecule has 0 spiro atoms. The molecule has 72 valence electrons. The Morgan fingerprint density at radius 3 is 2.50 bits per heavy atom. The summed E-state index contributed by atoms with van der Waals surface area (Å²) >= 11 is 0. The second-order valence-corrected chi connectivity index (χ2v) is 2.87. The highest BCUT2D eigenvalue weighted by Crippen LogP contribution is 2.24. The Balaban J connectivity index is 0.000000561. The molecule has 1 fully saturated rings. The summed E-state index contributed by atoms with van der Waals surface area (Å²) in [6.45, 7) is 11.6. The largest absolute Gasteiger partial charge is 0.351 e. The smallest absolute Gasteiger partial charge is 0.165 e. The van der Waals surface area contributed by atoms with Gasteiger partial charge in [0.1, 0.15) is 0 Å². The van der Waals surface area contributed by atoms with E-state index in [0.29, 0.717) is 0 Å². The first kappa shape index (κ1) is 11.7. The summed E-state index contributed by atoms with van der Waals surface area (Å²) in [5.41, 5.74) is 0. The van der Waals surface area contributed by atoms with Crippen LogP contribution in [0.2, 0.25) is 0 Å². The average Bonchev–Trinajstić information content (AvgIpc) is 2.09. The molecular weight excluding hydrogens is 152 g/mol. The first-order valence-electron chi connectivity index (χ1n) is 4.55. The molecule has 12 heavy (non-hydrogen) atoms. The quantitative estimate of drug-likeness (QED) is 0.596. The highest BCUT2D eigenvalue weighted by Gasteiger charge is 2.27. The van der Waals surface area contributed by atoms with Crippen molar-refractivity contribution in [3.63, 3.8) is 0 Å². The lowest BCUT2D eigenvalue weighted by Crippen LogP contribution is -2.35. The fourth-order valence-electron chi connectivity index (χ4n) is 1.33. The Labute approximate surface area is 75.6 Å². The molecule has 0 aromatic carbocycles. The maximum Gasteiger partial charge on any atom is 0.165 e. The van der Waals surface area contributed by atoms with Crippen LogP contribution < -0.4 is 0 Å². The molecule has 0 bridgehead atoms. The van der Waals surface area contributed by atoms with Crippen molar-refractivity contribution in [1.82, 2.24) is 0 Å². The molecule has 2 nitrogen and oxygen atoms in total. The molecule has 0 radical (unpaired) electrons. The van der Waals surface area contributed by atoms with E-state index in [9.17, 15) is 0 Å². The molecule has 0 aromatic heterocycles. The first-order chi connectivity index (χ1) is 5.77. The molecule has 1 unspecified atom stereocenters. The normalized spacial score (nSPS) is 28.8. The molecular formula is C10H20O2. The first-order valence-corrected chi connectivity index (χ1v) is 4.55. The predicted octanol–water partition coefficient (Wildman–Crippen LogP) is 2.74. The summed E-state index contributed by atoms with van der Waals surface area (Å²) in [5, 5.41) is 0. The van der Waals surface area contributed by atoms with Crippen LogP contribution in [0.3, 0.4) is 0 Å². The molecule has 0 saturated carbocycles. The number of rotatable bonds is 2. The highest BCUT2D eigenvalue weighted by atomic mass is 16.7. The van der Waals surface area contributed by atoms with Crippen LogP contribution in [0.25, 0.3) is 0 Å². The number of ether oxygens (including phenoxy) is 2. The number of hydrogen-bond donors (Lipinski definition) is 0. The highest BCUT2D eigenvalue weighted by molar-refractivity contribution is 4.67. The maximum absolute atomic E-state index is 5.48. The third kappa shape index (κ3) is 3.88. The Kier molecular flexibility index (Phi) is 6.03. The molecule has 1 aliphatic rings. The van der Waals surface area contributed by atoms with Crippen molar-refractivity contribution in [1.29, 1.82) is 0 Å². The fraction of sp³-hybridized carbons (Fsp3) is 0.800. The summed E-state index contributed by atoms with van der Waals surface area (Å²) in [4.78, 5) is 0. The lowest BCUT2D eigenvalue weighted by atomic mass is 10.1. The van der Waals surface area contributed by atoms with E-state index in [1.54, 1.807) is 0 Å². The van der Waals surface area contributed by atoms with Crippen molar-refractivity contribution >= 4 is 0 Å². The zero-order valence-electron chi connectivity index (χ0n) is 8.27. The summed E-state index contributed by atoms with van der Waals surface area (Å²) in [6, 6.07) is 0. The summed E-state index contributed by atoms with van der Waals surface area (Å²) in [5.74, 6) is -0.271. The molecule has 0 N–H and O–H groups in total. The van der Waals surface area contributed by atoms with Gasteiger partial charge in [0.15, 0.2) is 5.79 Å². The summed E-state index contributed by atoms with van der Waals surface area (Å²) in [6.07, 6.45) is 3.46. The van der Waals surface area contributed by atoms with Crippen molar-refractivity contribution in [3.05, 3.63) is 13.2 Å². The Morgan fingerprint density at radius 1 is 1.42 bits per heavy atom. The maximum atomic E-state index is 5.48. The standard InChI is InChI=1S/C8H16O2.C2H4/c1-3-9-8(2)6-4-5-7-10-8;1-2/h3-7H2,1-2H3;1-2H2. The van der Waals surface area contributed by atoms with Gasteiger partial charge < -0.3 is 9.47 Å². The van der Waals surface area contributed by atoms with Crippen LogP contribution in [0, 0.1) is 0 Å².